The lowest BCUT2D eigenvalue weighted by Crippen LogP contribution is -2.31. The van der Waals surface area contributed by atoms with Crippen molar-refractivity contribution in [3.63, 3.8) is 0 Å². The van der Waals surface area contributed by atoms with Crippen molar-refractivity contribution in [3.8, 4) is 0 Å². The maximum atomic E-state index is 3.53. The molecule has 0 aromatic rings. The Kier molecular flexibility index (Phi) is 7.01. The molecule has 0 radical (unpaired) electrons. The molecule has 1 saturated heterocycles. The molecule has 1 fully saturated rings. The Bertz CT molecular complexity index is 171. The van der Waals surface area contributed by atoms with Crippen LogP contribution in [0.4, 0.5) is 0 Å². The zero-order valence-electron chi connectivity index (χ0n) is 11.3. The highest BCUT2D eigenvalue weighted by Gasteiger charge is 2.19. The molecule has 1 rings (SSSR count). The first-order valence-corrected chi connectivity index (χ1v) is 6.80. The molecule has 96 valence electrons. The van der Waals surface area contributed by atoms with Gasteiger partial charge in [0, 0.05) is 19.6 Å². The van der Waals surface area contributed by atoms with Gasteiger partial charge in [-0.15, -0.1) is 0 Å². The second-order valence-electron chi connectivity index (χ2n) is 5.27. The lowest BCUT2D eigenvalue weighted by molar-refractivity contribution is 0.318. The summed E-state index contributed by atoms with van der Waals surface area (Å²) in [5.74, 6) is 0.966. The van der Waals surface area contributed by atoms with Crippen molar-refractivity contribution >= 4 is 0 Å². The van der Waals surface area contributed by atoms with Crippen LogP contribution in [0.5, 0.6) is 0 Å². The molecule has 3 nitrogen and oxygen atoms in total. The Hall–Kier alpha value is -0.120. The van der Waals surface area contributed by atoms with Gasteiger partial charge in [-0.3, -0.25) is 0 Å². The maximum absolute atomic E-state index is 3.53. The van der Waals surface area contributed by atoms with E-state index in [-0.39, 0.29) is 0 Å². The lowest BCUT2D eigenvalue weighted by atomic mass is 10.1. The van der Waals surface area contributed by atoms with E-state index >= 15 is 0 Å². The Labute approximate surface area is 101 Å². The van der Waals surface area contributed by atoms with Crippen LogP contribution < -0.4 is 5.32 Å². The molecule has 1 unspecified atom stereocenters. The molecule has 0 aromatic carbocycles. The van der Waals surface area contributed by atoms with Crippen LogP contribution in [0.3, 0.4) is 0 Å². The van der Waals surface area contributed by atoms with Gasteiger partial charge in [0.2, 0.25) is 0 Å². The van der Waals surface area contributed by atoms with E-state index in [1.165, 1.54) is 45.4 Å². The second-order valence-corrected chi connectivity index (χ2v) is 5.27. The van der Waals surface area contributed by atoms with Crippen molar-refractivity contribution in [3.05, 3.63) is 0 Å². The fourth-order valence-electron chi connectivity index (χ4n) is 2.33. The van der Waals surface area contributed by atoms with Crippen LogP contribution in [-0.2, 0) is 0 Å². The standard InChI is InChI=1S/C13H29N3/c1-4-13-6-10-16(12-13)11-8-14-7-5-9-15(2)3/h13-14H,4-12H2,1-3H3. The predicted molar refractivity (Wildman–Crippen MR) is 70.9 cm³/mol. The average molecular weight is 227 g/mol. The van der Waals surface area contributed by atoms with Gasteiger partial charge in [-0.1, -0.05) is 13.3 Å². The summed E-state index contributed by atoms with van der Waals surface area (Å²) in [6.45, 7) is 9.70. The van der Waals surface area contributed by atoms with E-state index in [1.807, 2.05) is 0 Å². The van der Waals surface area contributed by atoms with Gasteiger partial charge in [-0.2, -0.15) is 0 Å². The zero-order valence-corrected chi connectivity index (χ0v) is 11.3. The summed E-state index contributed by atoms with van der Waals surface area (Å²) in [7, 11) is 4.27. The summed E-state index contributed by atoms with van der Waals surface area (Å²) >= 11 is 0. The molecule has 1 aliphatic heterocycles. The Morgan fingerprint density at radius 1 is 1.31 bits per heavy atom. The third-order valence-corrected chi connectivity index (χ3v) is 3.51. The fourth-order valence-corrected chi connectivity index (χ4v) is 2.33. The van der Waals surface area contributed by atoms with E-state index in [0.29, 0.717) is 0 Å². The van der Waals surface area contributed by atoms with E-state index in [2.05, 4.69) is 36.1 Å². The van der Waals surface area contributed by atoms with E-state index < -0.39 is 0 Å². The van der Waals surface area contributed by atoms with Crippen LogP contribution >= 0.6 is 0 Å². The van der Waals surface area contributed by atoms with Crippen LogP contribution in [0.25, 0.3) is 0 Å². The molecule has 0 saturated carbocycles. The molecular weight excluding hydrogens is 198 g/mol. The first kappa shape index (κ1) is 13.9. The number of likely N-dealkylation sites (tertiary alicyclic amines) is 1. The summed E-state index contributed by atoms with van der Waals surface area (Å²) in [5, 5.41) is 3.53. The molecule has 1 atom stereocenters. The van der Waals surface area contributed by atoms with Crippen LogP contribution in [0.15, 0.2) is 0 Å². The molecule has 0 amide bonds. The van der Waals surface area contributed by atoms with Crippen molar-refractivity contribution in [2.45, 2.75) is 26.2 Å². The molecule has 1 N–H and O–H groups in total. The number of rotatable bonds is 8. The lowest BCUT2D eigenvalue weighted by Gasteiger charge is -2.16. The molecule has 0 aromatic heterocycles. The predicted octanol–water partition coefficient (Wildman–Crippen LogP) is 1.26. The topological polar surface area (TPSA) is 18.5 Å². The molecular formula is C13H29N3. The van der Waals surface area contributed by atoms with Crippen molar-refractivity contribution in [2.24, 2.45) is 5.92 Å². The number of hydrogen-bond donors (Lipinski definition) is 1. The first-order valence-electron chi connectivity index (χ1n) is 6.80. The van der Waals surface area contributed by atoms with Crippen molar-refractivity contribution in [1.29, 1.82) is 0 Å². The SMILES string of the molecule is CCC1CCN(CCNCCCN(C)C)C1. The van der Waals surface area contributed by atoms with Crippen molar-refractivity contribution in [1.82, 2.24) is 15.1 Å². The molecule has 0 bridgehead atoms. The minimum Gasteiger partial charge on any atom is -0.315 e. The summed E-state index contributed by atoms with van der Waals surface area (Å²) in [5.41, 5.74) is 0. The zero-order chi connectivity index (χ0) is 11.8. The molecule has 0 spiro atoms. The van der Waals surface area contributed by atoms with Gasteiger partial charge >= 0.3 is 0 Å². The summed E-state index contributed by atoms with van der Waals surface area (Å²) in [6.07, 6.45) is 4.02. The Morgan fingerprint density at radius 2 is 2.12 bits per heavy atom. The summed E-state index contributed by atoms with van der Waals surface area (Å²) in [4.78, 5) is 4.85. The molecule has 3 heteroatoms. The highest BCUT2D eigenvalue weighted by Crippen LogP contribution is 2.17. The summed E-state index contributed by atoms with van der Waals surface area (Å²) < 4.78 is 0. The highest BCUT2D eigenvalue weighted by molar-refractivity contribution is 4.74. The molecule has 1 aliphatic rings. The minimum atomic E-state index is 0.966. The van der Waals surface area contributed by atoms with Crippen LogP contribution in [0, 0.1) is 5.92 Å². The van der Waals surface area contributed by atoms with E-state index in [1.54, 1.807) is 0 Å². The Balaban J connectivity index is 1.88. The van der Waals surface area contributed by atoms with E-state index in [4.69, 9.17) is 0 Å². The van der Waals surface area contributed by atoms with Gasteiger partial charge in [-0.25, -0.2) is 0 Å². The maximum Gasteiger partial charge on any atom is 0.0107 e. The van der Waals surface area contributed by atoms with Gasteiger partial charge in [-0.05, 0) is 52.5 Å². The number of nitrogens with one attached hydrogen (secondary N) is 1. The Morgan fingerprint density at radius 3 is 2.75 bits per heavy atom. The van der Waals surface area contributed by atoms with Crippen LogP contribution in [-0.4, -0.2) is 63.2 Å². The van der Waals surface area contributed by atoms with Crippen LogP contribution in [0.2, 0.25) is 0 Å². The van der Waals surface area contributed by atoms with Gasteiger partial charge in [0.25, 0.3) is 0 Å². The number of nitrogens with zero attached hydrogens (tertiary/aromatic N) is 2. The fraction of sp³-hybridized carbons (Fsp3) is 1.00. The van der Waals surface area contributed by atoms with Crippen molar-refractivity contribution in [2.75, 3.05) is 53.4 Å². The van der Waals surface area contributed by atoms with E-state index in [0.717, 1.165) is 19.0 Å². The minimum absolute atomic E-state index is 0.966. The normalized spacial score (nSPS) is 22.1. The molecule has 16 heavy (non-hydrogen) atoms. The van der Waals surface area contributed by atoms with E-state index in [9.17, 15) is 0 Å². The van der Waals surface area contributed by atoms with Gasteiger partial charge in [0.1, 0.15) is 0 Å². The van der Waals surface area contributed by atoms with Gasteiger partial charge in [0.15, 0.2) is 0 Å². The molecule has 1 heterocycles. The summed E-state index contributed by atoms with van der Waals surface area (Å²) in [6, 6.07) is 0. The van der Waals surface area contributed by atoms with Gasteiger partial charge < -0.3 is 15.1 Å². The quantitative estimate of drug-likeness (QED) is 0.630. The first-order chi connectivity index (χ1) is 7.72. The molecule has 0 aliphatic carbocycles. The number of hydrogen-bond acceptors (Lipinski definition) is 3. The smallest absolute Gasteiger partial charge is 0.0107 e. The second kappa shape index (κ2) is 8.04. The highest BCUT2D eigenvalue weighted by atomic mass is 15.2. The van der Waals surface area contributed by atoms with Gasteiger partial charge in [0.05, 0.1) is 0 Å². The monoisotopic (exact) mass is 227 g/mol. The third kappa shape index (κ3) is 5.83. The largest absolute Gasteiger partial charge is 0.315 e. The van der Waals surface area contributed by atoms with Crippen molar-refractivity contribution < 1.29 is 0 Å². The average Bonchev–Trinajstić information content (AvgIpc) is 2.70. The third-order valence-electron chi connectivity index (χ3n) is 3.51. The van der Waals surface area contributed by atoms with Crippen LogP contribution in [0.1, 0.15) is 26.2 Å².